The quantitative estimate of drug-likeness (QED) is 0.539. The predicted octanol–water partition coefficient (Wildman–Crippen LogP) is 4.09. The minimum atomic E-state index is -0.307. The van der Waals surface area contributed by atoms with Gasteiger partial charge in [-0.1, -0.05) is 12.1 Å². The molecule has 4 nitrogen and oxygen atoms in total. The van der Waals surface area contributed by atoms with Gasteiger partial charge in [-0.2, -0.15) is 0 Å². The summed E-state index contributed by atoms with van der Waals surface area (Å²) in [5, 5.41) is 1.10. The lowest BCUT2D eigenvalue weighted by atomic mass is 10.2. The summed E-state index contributed by atoms with van der Waals surface area (Å²) in [4.78, 5) is 16.6. The van der Waals surface area contributed by atoms with Crippen LogP contribution in [0, 0.1) is 6.57 Å². The number of thiophene rings is 1. The van der Waals surface area contributed by atoms with Crippen molar-refractivity contribution in [1.29, 1.82) is 0 Å². The third-order valence-corrected chi connectivity index (χ3v) is 4.31. The Hall–Kier alpha value is -2.58. The van der Waals surface area contributed by atoms with Gasteiger partial charge in [-0.25, -0.2) is 9.64 Å². The molecule has 21 heavy (non-hydrogen) atoms. The number of benzene rings is 1. The summed E-state index contributed by atoms with van der Waals surface area (Å²) < 4.78 is 6.80. The first-order chi connectivity index (χ1) is 10.2. The fourth-order valence-electron chi connectivity index (χ4n) is 2.22. The fourth-order valence-corrected chi connectivity index (χ4v) is 3.15. The van der Waals surface area contributed by atoms with Gasteiger partial charge >= 0.3 is 5.97 Å². The van der Waals surface area contributed by atoms with E-state index in [0.29, 0.717) is 17.1 Å². The number of hydrogen-bond acceptors (Lipinski definition) is 3. The van der Waals surface area contributed by atoms with E-state index >= 15 is 0 Å². The van der Waals surface area contributed by atoms with Crippen molar-refractivity contribution in [3.63, 3.8) is 0 Å². The van der Waals surface area contributed by atoms with Crippen molar-refractivity contribution in [2.75, 3.05) is 7.11 Å². The van der Waals surface area contributed by atoms with Crippen LogP contribution in [0.5, 0.6) is 0 Å². The number of rotatable bonds is 3. The first kappa shape index (κ1) is 13.4. The molecule has 0 unspecified atom stereocenters. The van der Waals surface area contributed by atoms with Crippen LogP contribution >= 0.6 is 11.3 Å². The van der Waals surface area contributed by atoms with Crippen LogP contribution in [0.3, 0.4) is 0 Å². The molecule has 0 aliphatic rings. The van der Waals surface area contributed by atoms with Crippen LogP contribution in [0.15, 0.2) is 42.6 Å². The normalized spacial score (nSPS) is 10.5. The molecule has 0 saturated heterocycles. The number of fused-ring (bicyclic) bond motifs is 1. The van der Waals surface area contributed by atoms with Gasteiger partial charge < -0.3 is 9.30 Å². The second-order valence-electron chi connectivity index (χ2n) is 4.56. The molecule has 0 saturated carbocycles. The number of carbonyl (C=O) groups excluding carboxylic acids is 1. The Bertz CT molecular complexity index is 855. The van der Waals surface area contributed by atoms with Crippen LogP contribution in [0.25, 0.3) is 15.7 Å². The molecular formula is C16H12N2O2S. The summed E-state index contributed by atoms with van der Waals surface area (Å²) in [5.74, 6) is -0.307. The zero-order chi connectivity index (χ0) is 14.8. The molecule has 0 spiro atoms. The summed E-state index contributed by atoms with van der Waals surface area (Å²) in [6.45, 7) is 7.78. The van der Waals surface area contributed by atoms with Gasteiger partial charge in [0.15, 0.2) is 5.69 Å². The van der Waals surface area contributed by atoms with E-state index in [1.807, 2.05) is 36.5 Å². The molecule has 0 N–H and O–H groups in total. The minimum Gasteiger partial charge on any atom is -0.465 e. The zero-order valence-corrected chi connectivity index (χ0v) is 12.2. The van der Waals surface area contributed by atoms with Crippen LogP contribution in [0.2, 0.25) is 0 Å². The molecular weight excluding hydrogens is 284 g/mol. The van der Waals surface area contributed by atoms with Gasteiger partial charge in [-0.05, 0) is 29.7 Å². The lowest BCUT2D eigenvalue weighted by Gasteiger charge is -2.03. The third-order valence-electron chi connectivity index (χ3n) is 3.26. The van der Waals surface area contributed by atoms with Gasteiger partial charge in [-0.15, -0.1) is 11.3 Å². The Morgan fingerprint density at radius 2 is 2.19 bits per heavy atom. The second kappa shape index (κ2) is 5.43. The predicted molar refractivity (Wildman–Crippen MR) is 83.0 cm³/mol. The average molecular weight is 296 g/mol. The monoisotopic (exact) mass is 296 g/mol. The Labute approximate surface area is 126 Å². The topological polar surface area (TPSA) is 35.6 Å². The minimum absolute atomic E-state index is 0.307. The number of carbonyl (C=O) groups is 1. The van der Waals surface area contributed by atoms with Crippen LogP contribution in [0.4, 0.5) is 5.69 Å². The summed E-state index contributed by atoms with van der Waals surface area (Å²) in [5.41, 5.74) is 1.65. The van der Waals surface area contributed by atoms with Gasteiger partial charge in [0.1, 0.15) is 4.88 Å². The molecule has 0 aliphatic heterocycles. The number of aromatic nitrogens is 1. The molecule has 0 fully saturated rings. The first-order valence-electron chi connectivity index (χ1n) is 6.34. The fraction of sp³-hybridized carbons (Fsp3) is 0.125. The Morgan fingerprint density at radius 1 is 1.33 bits per heavy atom. The van der Waals surface area contributed by atoms with Crippen molar-refractivity contribution in [1.82, 2.24) is 4.57 Å². The number of hydrogen-bond donors (Lipinski definition) is 0. The molecule has 2 aromatic heterocycles. The van der Waals surface area contributed by atoms with Crippen LogP contribution in [0.1, 0.15) is 14.5 Å². The lowest BCUT2D eigenvalue weighted by Crippen LogP contribution is -1.97. The van der Waals surface area contributed by atoms with E-state index in [4.69, 9.17) is 11.3 Å². The molecule has 3 aromatic rings. The van der Waals surface area contributed by atoms with Crippen molar-refractivity contribution in [3.05, 3.63) is 63.8 Å². The Kier molecular flexibility index (Phi) is 3.46. The lowest BCUT2D eigenvalue weighted by molar-refractivity contribution is 0.0606. The van der Waals surface area contributed by atoms with Gasteiger partial charge in [-0.3, -0.25) is 0 Å². The highest BCUT2D eigenvalue weighted by Crippen LogP contribution is 2.25. The Morgan fingerprint density at radius 3 is 2.95 bits per heavy atom. The van der Waals surface area contributed by atoms with Gasteiger partial charge in [0, 0.05) is 16.6 Å². The highest BCUT2D eigenvalue weighted by molar-refractivity contribution is 7.13. The smallest absolute Gasteiger partial charge is 0.348 e. The molecule has 3 rings (SSSR count). The highest BCUT2D eigenvalue weighted by Gasteiger charge is 2.10. The summed E-state index contributed by atoms with van der Waals surface area (Å²) in [6.07, 6.45) is 2.00. The van der Waals surface area contributed by atoms with Crippen LogP contribution in [-0.2, 0) is 11.3 Å². The van der Waals surface area contributed by atoms with Gasteiger partial charge in [0.25, 0.3) is 0 Å². The van der Waals surface area contributed by atoms with Gasteiger partial charge in [0.05, 0.1) is 20.2 Å². The van der Waals surface area contributed by atoms with E-state index < -0.39 is 0 Å². The van der Waals surface area contributed by atoms with E-state index in [9.17, 15) is 4.79 Å². The van der Waals surface area contributed by atoms with E-state index in [2.05, 4.69) is 9.41 Å². The van der Waals surface area contributed by atoms with Crippen molar-refractivity contribution >= 4 is 33.9 Å². The number of methoxy groups -OCH3 is 1. The summed E-state index contributed by atoms with van der Waals surface area (Å²) in [6, 6.07) is 11.4. The van der Waals surface area contributed by atoms with Crippen LogP contribution in [-0.4, -0.2) is 17.6 Å². The summed E-state index contributed by atoms with van der Waals surface area (Å²) >= 11 is 1.43. The van der Waals surface area contributed by atoms with Crippen LogP contribution < -0.4 is 0 Å². The average Bonchev–Trinajstić information content (AvgIpc) is 3.14. The number of nitrogens with zero attached hydrogens (tertiary/aromatic N) is 2. The van der Waals surface area contributed by atoms with E-state index in [-0.39, 0.29) is 5.97 Å². The van der Waals surface area contributed by atoms with Gasteiger partial charge in [0.2, 0.25) is 0 Å². The van der Waals surface area contributed by atoms with E-state index in [0.717, 1.165) is 15.8 Å². The van der Waals surface area contributed by atoms with Crippen molar-refractivity contribution in [2.24, 2.45) is 0 Å². The Balaban J connectivity index is 1.93. The molecule has 5 heteroatoms. The zero-order valence-electron chi connectivity index (χ0n) is 11.4. The molecule has 0 atom stereocenters. The molecule has 2 heterocycles. The van der Waals surface area contributed by atoms with E-state index in [1.54, 1.807) is 6.07 Å². The van der Waals surface area contributed by atoms with Crippen molar-refractivity contribution in [3.8, 4) is 0 Å². The number of ether oxygens (including phenoxy) is 1. The third kappa shape index (κ3) is 2.54. The van der Waals surface area contributed by atoms with E-state index in [1.165, 1.54) is 18.4 Å². The number of esters is 1. The highest BCUT2D eigenvalue weighted by atomic mass is 32.1. The van der Waals surface area contributed by atoms with Crippen molar-refractivity contribution < 1.29 is 9.53 Å². The maximum absolute atomic E-state index is 11.5. The molecule has 1 aromatic carbocycles. The molecule has 0 radical (unpaired) electrons. The maximum Gasteiger partial charge on any atom is 0.348 e. The second-order valence-corrected chi connectivity index (χ2v) is 5.72. The largest absolute Gasteiger partial charge is 0.465 e. The maximum atomic E-state index is 11.5. The SMILES string of the molecule is [C-]#[N+]c1ccc2ccn(Cc3ccc(C(=O)OC)s3)c2c1. The first-order valence-corrected chi connectivity index (χ1v) is 7.16. The molecule has 0 bridgehead atoms. The molecule has 0 aliphatic carbocycles. The standard InChI is InChI=1S/C16H12N2O2S/c1-17-12-4-3-11-7-8-18(14(11)9-12)10-13-5-6-15(21-13)16(19)20-2/h3-9H,10H2,2H3. The van der Waals surface area contributed by atoms with Crippen molar-refractivity contribution in [2.45, 2.75) is 6.54 Å². The molecule has 104 valence electrons. The molecule has 0 amide bonds. The summed E-state index contributed by atoms with van der Waals surface area (Å²) in [7, 11) is 1.38.